The van der Waals surface area contributed by atoms with Crippen molar-refractivity contribution in [3.05, 3.63) is 6.92 Å². The highest BCUT2D eigenvalue weighted by molar-refractivity contribution is 4.97. The average Bonchev–Trinajstić information content (AvgIpc) is 2.23. The second-order valence-electron chi connectivity index (χ2n) is 3.04. The third-order valence-electron chi connectivity index (χ3n) is 2.43. The van der Waals surface area contributed by atoms with Crippen LogP contribution < -0.4 is 5.32 Å². The molecule has 2 bridgehead atoms. The Balaban J connectivity index is 2.11. The first-order valence-corrected chi connectivity index (χ1v) is 3.45. The zero-order chi connectivity index (χ0) is 5.56. The van der Waals surface area contributed by atoms with Crippen molar-refractivity contribution in [1.29, 1.82) is 0 Å². The Kier molecular flexibility index (Phi) is 0.884. The molecule has 1 radical (unpaired) electrons. The lowest BCUT2D eigenvalue weighted by Crippen LogP contribution is -2.20. The maximum absolute atomic E-state index is 4.06. The van der Waals surface area contributed by atoms with Crippen molar-refractivity contribution in [2.45, 2.75) is 31.3 Å². The van der Waals surface area contributed by atoms with E-state index in [0.29, 0.717) is 5.92 Å². The highest BCUT2D eigenvalue weighted by Gasteiger charge is 2.35. The average molecular weight is 110 g/mol. The van der Waals surface area contributed by atoms with Crippen LogP contribution in [0.1, 0.15) is 19.3 Å². The summed E-state index contributed by atoms with van der Waals surface area (Å²) in [6, 6.07) is 1.61. The number of rotatable bonds is 0. The fraction of sp³-hybridized carbons (Fsp3) is 0.857. The minimum Gasteiger partial charge on any atom is -0.311 e. The van der Waals surface area contributed by atoms with E-state index in [1.165, 1.54) is 19.3 Å². The highest BCUT2D eigenvalue weighted by atomic mass is 15.0. The van der Waals surface area contributed by atoms with Gasteiger partial charge >= 0.3 is 0 Å². The maximum Gasteiger partial charge on any atom is 0.00990 e. The molecular weight excluding hydrogens is 98.1 g/mol. The van der Waals surface area contributed by atoms with Crippen molar-refractivity contribution in [1.82, 2.24) is 5.32 Å². The van der Waals surface area contributed by atoms with Crippen LogP contribution in [-0.2, 0) is 0 Å². The molecule has 1 heteroatoms. The third kappa shape index (κ3) is 0.510. The Morgan fingerprint density at radius 3 is 2.50 bits per heavy atom. The zero-order valence-corrected chi connectivity index (χ0v) is 5.06. The van der Waals surface area contributed by atoms with E-state index in [9.17, 15) is 0 Å². The first kappa shape index (κ1) is 4.80. The highest BCUT2D eigenvalue weighted by Crippen LogP contribution is 2.31. The summed E-state index contributed by atoms with van der Waals surface area (Å²) in [4.78, 5) is 0. The van der Waals surface area contributed by atoms with E-state index >= 15 is 0 Å². The van der Waals surface area contributed by atoms with Crippen LogP contribution in [0, 0.1) is 12.8 Å². The molecule has 8 heavy (non-hydrogen) atoms. The molecule has 1 nitrogen and oxygen atoms in total. The van der Waals surface area contributed by atoms with Crippen LogP contribution in [0.2, 0.25) is 0 Å². The van der Waals surface area contributed by atoms with Gasteiger partial charge in [0.25, 0.3) is 0 Å². The van der Waals surface area contributed by atoms with Crippen LogP contribution in [-0.4, -0.2) is 12.1 Å². The SMILES string of the molecule is [CH2]C1CC2CCC1N2. The molecule has 0 saturated carbocycles. The predicted octanol–water partition coefficient (Wildman–Crippen LogP) is 0.961. The summed E-state index contributed by atoms with van der Waals surface area (Å²) < 4.78 is 0. The smallest absolute Gasteiger partial charge is 0.00990 e. The van der Waals surface area contributed by atoms with E-state index in [-0.39, 0.29) is 0 Å². The minimum atomic E-state index is 0.716. The maximum atomic E-state index is 4.06. The normalized spacial score (nSPS) is 52.9. The zero-order valence-electron chi connectivity index (χ0n) is 5.06. The van der Waals surface area contributed by atoms with E-state index < -0.39 is 0 Å². The summed E-state index contributed by atoms with van der Waals surface area (Å²) >= 11 is 0. The second kappa shape index (κ2) is 1.47. The van der Waals surface area contributed by atoms with Gasteiger partial charge in [0.05, 0.1) is 0 Å². The summed E-state index contributed by atoms with van der Waals surface area (Å²) in [5.74, 6) is 0.716. The molecule has 2 saturated heterocycles. The monoisotopic (exact) mass is 110 g/mol. The summed E-state index contributed by atoms with van der Waals surface area (Å²) in [6.07, 6.45) is 4.10. The van der Waals surface area contributed by atoms with Gasteiger partial charge in [0.2, 0.25) is 0 Å². The molecule has 2 fully saturated rings. The third-order valence-corrected chi connectivity index (χ3v) is 2.43. The van der Waals surface area contributed by atoms with Crippen LogP contribution in [0.25, 0.3) is 0 Å². The first-order chi connectivity index (χ1) is 3.86. The lowest BCUT2D eigenvalue weighted by Gasteiger charge is -2.13. The molecule has 0 aromatic carbocycles. The molecule has 45 valence electrons. The van der Waals surface area contributed by atoms with E-state index in [4.69, 9.17) is 0 Å². The van der Waals surface area contributed by atoms with Gasteiger partial charge in [0, 0.05) is 12.1 Å². The first-order valence-electron chi connectivity index (χ1n) is 3.45. The molecule has 2 aliphatic heterocycles. The van der Waals surface area contributed by atoms with Crippen molar-refractivity contribution in [2.75, 3.05) is 0 Å². The fourth-order valence-corrected chi connectivity index (χ4v) is 1.94. The summed E-state index contributed by atoms with van der Waals surface area (Å²) in [5.41, 5.74) is 0. The Bertz CT molecular complexity index is 98.6. The molecular formula is C7H12N. The van der Waals surface area contributed by atoms with Crippen LogP contribution in [0.3, 0.4) is 0 Å². The lowest BCUT2D eigenvalue weighted by atomic mass is 9.91. The van der Waals surface area contributed by atoms with Crippen LogP contribution in [0.15, 0.2) is 0 Å². The number of fused-ring (bicyclic) bond motifs is 2. The standard InChI is InChI=1S/C7H12N/c1-5-4-6-2-3-7(5)8-6/h5-8H,1-4H2. The summed E-state index contributed by atoms with van der Waals surface area (Å²) in [5, 5.41) is 3.52. The van der Waals surface area contributed by atoms with Gasteiger partial charge < -0.3 is 5.32 Å². The number of nitrogens with one attached hydrogen (secondary N) is 1. The van der Waals surface area contributed by atoms with Gasteiger partial charge in [-0.05, 0) is 32.1 Å². The molecule has 0 aromatic heterocycles. The number of hydrogen-bond acceptors (Lipinski definition) is 1. The summed E-state index contributed by atoms with van der Waals surface area (Å²) in [6.45, 7) is 4.06. The van der Waals surface area contributed by atoms with E-state index in [0.717, 1.165) is 12.1 Å². The van der Waals surface area contributed by atoms with Gasteiger partial charge in [-0.3, -0.25) is 0 Å². The van der Waals surface area contributed by atoms with Gasteiger partial charge in [0.15, 0.2) is 0 Å². The van der Waals surface area contributed by atoms with Crippen molar-refractivity contribution < 1.29 is 0 Å². The molecule has 2 aliphatic rings. The molecule has 3 unspecified atom stereocenters. The molecule has 0 amide bonds. The van der Waals surface area contributed by atoms with Gasteiger partial charge in [-0.2, -0.15) is 0 Å². The summed E-state index contributed by atoms with van der Waals surface area (Å²) in [7, 11) is 0. The Labute approximate surface area is 50.5 Å². The molecule has 0 spiro atoms. The molecule has 2 heterocycles. The predicted molar refractivity (Wildman–Crippen MR) is 33.4 cm³/mol. The van der Waals surface area contributed by atoms with E-state index in [1.54, 1.807) is 0 Å². The van der Waals surface area contributed by atoms with Crippen molar-refractivity contribution in [2.24, 2.45) is 5.92 Å². The van der Waals surface area contributed by atoms with Crippen molar-refractivity contribution in [3.63, 3.8) is 0 Å². The second-order valence-corrected chi connectivity index (χ2v) is 3.04. The van der Waals surface area contributed by atoms with Gasteiger partial charge in [0.1, 0.15) is 0 Å². The van der Waals surface area contributed by atoms with E-state index in [1.807, 2.05) is 0 Å². The molecule has 0 aliphatic carbocycles. The van der Waals surface area contributed by atoms with Crippen LogP contribution >= 0.6 is 0 Å². The fourth-order valence-electron chi connectivity index (χ4n) is 1.94. The Morgan fingerprint density at radius 2 is 2.25 bits per heavy atom. The van der Waals surface area contributed by atoms with Crippen LogP contribution in [0.4, 0.5) is 0 Å². The van der Waals surface area contributed by atoms with Crippen molar-refractivity contribution in [3.8, 4) is 0 Å². The topological polar surface area (TPSA) is 12.0 Å². The quantitative estimate of drug-likeness (QED) is 0.489. The van der Waals surface area contributed by atoms with Crippen molar-refractivity contribution >= 4 is 0 Å². The van der Waals surface area contributed by atoms with Gasteiger partial charge in [-0.25, -0.2) is 0 Å². The largest absolute Gasteiger partial charge is 0.311 e. The Morgan fingerprint density at radius 1 is 1.38 bits per heavy atom. The van der Waals surface area contributed by atoms with Gasteiger partial charge in [-0.1, -0.05) is 0 Å². The lowest BCUT2D eigenvalue weighted by molar-refractivity contribution is 0.477. The molecule has 3 atom stereocenters. The molecule has 1 N–H and O–H groups in total. The number of hydrogen-bond donors (Lipinski definition) is 1. The minimum absolute atomic E-state index is 0.716. The Hall–Kier alpha value is -0.0400. The molecule has 2 rings (SSSR count). The molecule has 0 aromatic rings. The van der Waals surface area contributed by atoms with E-state index in [2.05, 4.69) is 12.2 Å². The van der Waals surface area contributed by atoms with Crippen LogP contribution in [0.5, 0.6) is 0 Å². The van der Waals surface area contributed by atoms with Gasteiger partial charge in [-0.15, -0.1) is 0 Å².